The summed E-state index contributed by atoms with van der Waals surface area (Å²) < 4.78 is 151. The summed E-state index contributed by atoms with van der Waals surface area (Å²) in [6.07, 6.45) is -12.3. The molecule has 1 N–H and O–H groups in total. The zero-order valence-corrected chi connectivity index (χ0v) is 8.36. The molecule has 1 saturated heterocycles. The monoisotopic (exact) mass is 251 g/mol. The highest BCUT2D eigenvalue weighted by molar-refractivity contribution is 5.93. The number of hydrogen-bond donors (Lipinski definition) is 1. The molecule has 92 valence electrons. The van der Waals surface area contributed by atoms with Crippen LogP contribution in [0, 0.1) is 0 Å². The van der Waals surface area contributed by atoms with E-state index in [2.05, 4.69) is 0 Å². The minimum absolute atomic E-state index is 0.698. The number of benzene rings is 1. The van der Waals surface area contributed by atoms with Crippen molar-refractivity contribution in [2.75, 3.05) is 17.9 Å². The van der Waals surface area contributed by atoms with Crippen LogP contribution in [-0.4, -0.2) is 24.9 Å². The fourth-order valence-electron chi connectivity index (χ4n) is 1.08. The number of carbonyl (C=O) groups is 1. The van der Waals surface area contributed by atoms with Crippen LogP contribution in [0.5, 0.6) is 0 Å². The van der Waals surface area contributed by atoms with Gasteiger partial charge in [0.05, 0.1) is 8.22 Å². The summed E-state index contributed by atoms with van der Waals surface area (Å²) in [7, 11) is 0. The summed E-state index contributed by atoms with van der Waals surface area (Å²) in [5.74, 6) is -2.49. The Morgan fingerprint density at radius 1 is 1.65 bits per heavy atom. The molecule has 0 saturated carbocycles. The SMILES string of the molecule is [2H]c1c([2H])c([2H])c(N(C(=O)C([2H])([2H])C([2H])([2H])[2H])C2([2H])C([2H])([2H])C([2H])([2H])NC([2H])([2H])C2([2H])[2H])c([2H])c1[2H]. The second kappa shape index (κ2) is 5.82. The number of amides is 1. The number of nitrogens with one attached hydrogen (secondary N) is 1. The van der Waals surface area contributed by atoms with Crippen molar-refractivity contribution in [1.29, 1.82) is 0 Å². The average Bonchev–Trinajstić information content (AvgIpc) is 2.70. The largest absolute Gasteiger partial charge is 0.317 e. The molecule has 1 heterocycles. The maximum absolute atomic E-state index is 13.5. The molecule has 0 aromatic heterocycles. The maximum atomic E-state index is 13.5. The van der Waals surface area contributed by atoms with Crippen molar-refractivity contribution in [3.8, 4) is 0 Å². The van der Waals surface area contributed by atoms with Gasteiger partial charge in [0.25, 0.3) is 0 Å². The van der Waals surface area contributed by atoms with E-state index in [4.69, 9.17) is 26.0 Å². The average molecular weight is 251 g/mol. The van der Waals surface area contributed by atoms with E-state index in [1.807, 2.05) is 0 Å². The van der Waals surface area contributed by atoms with Gasteiger partial charge in [-0.25, -0.2) is 0 Å². The topological polar surface area (TPSA) is 32.3 Å². The number of hydrogen-bond acceptors (Lipinski definition) is 2. The molecule has 2 rings (SSSR count). The summed E-state index contributed by atoms with van der Waals surface area (Å²) in [5.41, 5.74) is -1.55. The summed E-state index contributed by atoms with van der Waals surface area (Å²) in [5, 5.41) is 1.40. The molecular weight excluding hydrogens is 212 g/mol. The van der Waals surface area contributed by atoms with Crippen molar-refractivity contribution in [1.82, 2.24) is 5.32 Å². The molecule has 0 aliphatic carbocycles. The highest BCUT2D eigenvalue weighted by Gasteiger charge is 2.25. The number of anilines is 1. The number of para-hydroxylation sites is 1. The molecular formula is C14H20N2O. The van der Waals surface area contributed by atoms with Crippen LogP contribution in [0.4, 0.5) is 5.69 Å². The quantitative estimate of drug-likeness (QED) is 0.893. The first-order valence-corrected chi connectivity index (χ1v) is 4.37. The third kappa shape index (κ3) is 2.86. The third-order valence-electron chi connectivity index (χ3n) is 1.73. The van der Waals surface area contributed by atoms with Crippen molar-refractivity contribution in [2.45, 2.75) is 32.0 Å². The fourth-order valence-corrected chi connectivity index (χ4v) is 1.08. The predicted molar refractivity (Wildman–Crippen MR) is 70.1 cm³/mol. The molecule has 0 unspecified atom stereocenters. The van der Waals surface area contributed by atoms with Crippen LogP contribution in [0.2, 0.25) is 0 Å². The number of piperidine rings is 1. The molecule has 3 nitrogen and oxygen atoms in total. The van der Waals surface area contributed by atoms with Gasteiger partial charge >= 0.3 is 0 Å². The van der Waals surface area contributed by atoms with Crippen molar-refractivity contribution in [3.05, 3.63) is 30.2 Å². The molecule has 1 amide bonds. The van der Waals surface area contributed by atoms with E-state index in [0.29, 0.717) is 0 Å². The zero-order valence-electron chi connectivity index (χ0n) is 27.4. The smallest absolute Gasteiger partial charge is 0.226 e. The fraction of sp³-hybridized carbons (Fsp3) is 0.500. The van der Waals surface area contributed by atoms with Crippen LogP contribution >= 0.6 is 0 Å². The van der Waals surface area contributed by atoms with E-state index in [1.165, 1.54) is 5.32 Å². The lowest BCUT2D eigenvalue weighted by Crippen LogP contribution is -2.46. The van der Waals surface area contributed by atoms with Crippen LogP contribution in [0.3, 0.4) is 0 Å². The minimum Gasteiger partial charge on any atom is -0.317 e. The van der Waals surface area contributed by atoms with Gasteiger partial charge in [0.2, 0.25) is 5.91 Å². The molecule has 0 spiro atoms. The van der Waals surface area contributed by atoms with Crippen molar-refractivity contribution < 1.29 is 30.8 Å². The lowest BCUT2D eigenvalue weighted by Gasteiger charge is -2.34. The van der Waals surface area contributed by atoms with Crippen LogP contribution in [-0.2, 0) is 4.79 Å². The van der Waals surface area contributed by atoms with E-state index in [1.54, 1.807) is 0 Å². The molecule has 17 heavy (non-hydrogen) atoms. The van der Waals surface area contributed by atoms with Gasteiger partial charge in [-0.2, -0.15) is 0 Å². The highest BCUT2D eigenvalue weighted by Crippen LogP contribution is 2.22. The van der Waals surface area contributed by atoms with Gasteiger partial charge in [-0.3, -0.25) is 4.79 Å². The third-order valence-corrected chi connectivity index (χ3v) is 1.73. The Balaban J connectivity index is 3.23. The van der Waals surface area contributed by atoms with Gasteiger partial charge in [-0.15, -0.1) is 0 Å². The second-order valence-corrected chi connectivity index (χ2v) is 2.71. The van der Waals surface area contributed by atoms with Crippen LogP contribution in [0.25, 0.3) is 0 Å². The molecule has 0 bridgehead atoms. The first-order chi connectivity index (χ1) is 15.7. The molecule has 1 aliphatic rings. The van der Waals surface area contributed by atoms with Crippen LogP contribution in [0.1, 0.15) is 52.0 Å². The first kappa shape index (κ1) is 2.64. The predicted octanol–water partition coefficient (Wildman–Crippen LogP) is 2.18. The normalized spacial score (nSPS) is 48.4. The Kier molecular flexibility index (Phi) is 0.905. The number of rotatable bonds is 3. The van der Waals surface area contributed by atoms with Crippen LogP contribution in [0.15, 0.2) is 30.2 Å². The summed E-state index contributed by atoms with van der Waals surface area (Å²) in [6, 6.07) is -10.6. The number of carbonyl (C=O) groups excluding carboxylic acids is 1. The molecule has 0 atom stereocenters. The standard InChI is InChI=1S/C14H20N2O/c1-2-14(17)16(12-6-4-3-5-7-12)13-8-10-15-11-9-13/h3-7,13,15H,2,8-11H2,1H3/i1D3,2D2,3D,4D,5D,6D,7D,8D2,9D2,10D2,11D2,13D. The second-order valence-electron chi connectivity index (χ2n) is 2.71. The van der Waals surface area contributed by atoms with Gasteiger partial charge in [0, 0.05) is 35.9 Å². The van der Waals surface area contributed by atoms with Crippen molar-refractivity contribution >= 4 is 11.6 Å². The Morgan fingerprint density at radius 2 is 2.35 bits per heavy atom. The van der Waals surface area contributed by atoms with Crippen LogP contribution < -0.4 is 10.2 Å². The van der Waals surface area contributed by atoms with E-state index < -0.39 is 91.7 Å². The molecule has 1 aliphatic heterocycles. The first-order valence-electron chi connectivity index (χ1n) is 13.9. The Labute approximate surface area is 130 Å². The molecule has 3 heteroatoms. The zero-order chi connectivity index (χ0) is 28.8. The van der Waals surface area contributed by atoms with Gasteiger partial charge < -0.3 is 10.2 Å². The number of nitrogens with zero attached hydrogens (tertiary/aromatic N) is 1. The summed E-state index contributed by atoms with van der Waals surface area (Å²) in [4.78, 5) is 12.8. The Bertz CT molecular complexity index is 1040. The lowest BCUT2D eigenvalue weighted by molar-refractivity contribution is -0.118. The molecule has 0 radical (unpaired) electrons. The van der Waals surface area contributed by atoms with Crippen molar-refractivity contribution in [3.63, 3.8) is 0 Å². The molecule has 1 aromatic carbocycles. The Morgan fingerprint density at radius 3 is 3.00 bits per heavy atom. The van der Waals surface area contributed by atoms with Gasteiger partial charge in [0.1, 0.15) is 0 Å². The van der Waals surface area contributed by atoms with Gasteiger partial charge in [-0.05, 0) is 37.8 Å². The molecule has 1 aromatic rings. The van der Waals surface area contributed by atoms with Gasteiger partial charge in [-0.1, -0.05) is 25.0 Å². The van der Waals surface area contributed by atoms with E-state index >= 15 is 0 Å². The minimum atomic E-state index is -4.30. The van der Waals surface area contributed by atoms with E-state index in [-0.39, 0.29) is 0 Å². The molecule has 1 fully saturated rings. The van der Waals surface area contributed by atoms with E-state index in [0.717, 1.165) is 0 Å². The lowest BCUT2D eigenvalue weighted by atomic mass is 10.0. The van der Waals surface area contributed by atoms with Crippen molar-refractivity contribution in [2.24, 2.45) is 0 Å². The maximum Gasteiger partial charge on any atom is 0.226 e. The Hall–Kier alpha value is -1.35. The van der Waals surface area contributed by atoms with E-state index in [9.17, 15) is 4.79 Å². The van der Waals surface area contributed by atoms with Gasteiger partial charge in [0.15, 0.2) is 0 Å². The summed E-state index contributed by atoms with van der Waals surface area (Å²) >= 11 is 0. The summed E-state index contributed by atoms with van der Waals surface area (Å²) in [6.45, 7) is -11.3. The highest BCUT2D eigenvalue weighted by atomic mass is 16.2.